The molecule has 0 bridgehead atoms. The number of hydrogen-bond donors (Lipinski definition) is 2. The van der Waals surface area contributed by atoms with Crippen LogP contribution in [0.2, 0.25) is 0 Å². The Labute approximate surface area is 119 Å². The fourth-order valence-electron chi connectivity index (χ4n) is 2.08. The molecule has 106 valence electrons. The molecule has 0 radical (unpaired) electrons. The van der Waals surface area contributed by atoms with Gasteiger partial charge in [-0.3, -0.25) is 4.79 Å². The first-order valence-electron chi connectivity index (χ1n) is 6.89. The largest absolute Gasteiger partial charge is 0.467 e. The standard InChI is InChI=1S/C16H20N2O2/c17-11-5-4-10-15(19)18-16(14-9-6-12-20-14)13-7-2-1-3-8-13/h1-3,6-9,12,16H,4-5,10-11,17H2,(H,18,19). The summed E-state index contributed by atoms with van der Waals surface area (Å²) < 4.78 is 5.44. The lowest BCUT2D eigenvalue weighted by Gasteiger charge is -2.17. The summed E-state index contributed by atoms with van der Waals surface area (Å²) in [4.78, 5) is 12.0. The van der Waals surface area contributed by atoms with Gasteiger partial charge in [-0.1, -0.05) is 30.3 Å². The minimum atomic E-state index is -0.239. The summed E-state index contributed by atoms with van der Waals surface area (Å²) in [6.45, 7) is 0.619. The lowest BCUT2D eigenvalue weighted by molar-refractivity contribution is -0.121. The first kappa shape index (κ1) is 14.3. The van der Waals surface area contributed by atoms with Crippen molar-refractivity contribution < 1.29 is 9.21 Å². The van der Waals surface area contributed by atoms with Crippen LogP contribution < -0.4 is 11.1 Å². The van der Waals surface area contributed by atoms with Crippen molar-refractivity contribution in [2.24, 2.45) is 5.73 Å². The van der Waals surface area contributed by atoms with Crippen molar-refractivity contribution in [2.75, 3.05) is 6.54 Å². The van der Waals surface area contributed by atoms with Gasteiger partial charge in [-0.25, -0.2) is 0 Å². The van der Waals surface area contributed by atoms with Crippen LogP contribution in [0, 0.1) is 0 Å². The van der Waals surface area contributed by atoms with Crippen LogP contribution in [0.15, 0.2) is 53.1 Å². The summed E-state index contributed by atoms with van der Waals surface area (Å²) in [7, 11) is 0. The monoisotopic (exact) mass is 272 g/mol. The predicted octanol–water partition coefficient (Wildman–Crippen LogP) is 2.61. The highest BCUT2D eigenvalue weighted by molar-refractivity contribution is 5.76. The van der Waals surface area contributed by atoms with E-state index in [1.54, 1.807) is 6.26 Å². The topological polar surface area (TPSA) is 68.3 Å². The molecule has 1 aromatic heterocycles. The smallest absolute Gasteiger partial charge is 0.220 e. The maximum absolute atomic E-state index is 12.0. The van der Waals surface area contributed by atoms with Crippen LogP contribution in [0.5, 0.6) is 0 Å². The lowest BCUT2D eigenvalue weighted by Crippen LogP contribution is -2.28. The highest BCUT2D eigenvalue weighted by Crippen LogP contribution is 2.22. The maximum atomic E-state index is 12.0. The quantitative estimate of drug-likeness (QED) is 0.761. The zero-order valence-corrected chi connectivity index (χ0v) is 11.4. The number of unbranched alkanes of at least 4 members (excludes halogenated alkanes) is 1. The second-order valence-corrected chi connectivity index (χ2v) is 4.67. The van der Waals surface area contributed by atoms with Crippen LogP contribution >= 0.6 is 0 Å². The molecule has 1 amide bonds. The zero-order valence-electron chi connectivity index (χ0n) is 11.4. The molecule has 2 aromatic rings. The number of hydrogen-bond acceptors (Lipinski definition) is 3. The highest BCUT2D eigenvalue weighted by Gasteiger charge is 2.18. The Balaban J connectivity index is 2.06. The van der Waals surface area contributed by atoms with Gasteiger partial charge in [-0.2, -0.15) is 0 Å². The molecule has 1 atom stereocenters. The molecular formula is C16H20N2O2. The van der Waals surface area contributed by atoms with Crippen LogP contribution in [0.3, 0.4) is 0 Å². The van der Waals surface area contributed by atoms with Crippen LogP contribution in [-0.2, 0) is 4.79 Å². The van der Waals surface area contributed by atoms with E-state index in [9.17, 15) is 4.79 Å². The molecule has 20 heavy (non-hydrogen) atoms. The van der Waals surface area contributed by atoms with Crippen LogP contribution in [-0.4, -0.2) is 12.5 Å². The normalized spacial score (nSPS) is 12.1. The zero-order chi connectivity index (χ0) is 14.2. The molecule has 0 aliphatic heterocycles. The lowest BCUT2D eigenvalue weighted by atomic mass is 10.0. The Morgan fingerprint density at radius 3 is 2.60 bits per heavy atom. The molecule has 2 rings (SSSR count). The second-order valence-electron chi connectivity index (χ2n) is 4.67. The Bertz CT molecular complexity index is 509. The van der Waals surface area contributed by atoms with Gasteiger partial charge in [-0.15, -0.1) is 0 Å². The Kier molecular flexibility index (Phi) is 5.38. The molecule has 1 heterocycles. The van der Waals surface area contributed by atoms with E-state index in [4.69, 9.17) is 10.2 Å². The molecular weight excluding hydrogens is 252 g/mol. The minimum Gasteiger partial charge on any atom is -0.467 e. The Morgan fingerprint density at radius 2 is 1.95 bits per heavy atom. The fourth-order valence-corrected chi connectivity index (χ4v) is 2.08. The Morgan fingerprint density at radius 1 is 1.15 bits per heavy atom. The van der Waals surface area contributed by atoms with E-state index < -0.39 is 0 Å². The van der Waals surface area contributed by atoms with Gasteiger partial charge in [0.15, 0.2) is 0 Å². The molecule has 1 unspecified atom stereocenters. The molecule has 0 saturated heterocycles. The summed E-state index contributed by atoms with van der Waals surface area (Å²) in [5, 5.41) is 3.02. The van der Waals surface area contributed by atoms with E-state index in [0.717, 1.165) is 24.2 Å². The number of nitrogens with one attached hydrogen (secondary N) is 1. The van der Waals surface area contributed by atoms with Gasteiger partial charge in [0.2, 0.25) is 5.91 Å². The second kappa shape index (κ2) is 7.50. The predicted molar refractivity (Wildman–Crippen MR) is 78.0 cm³/mol. The maximum Gasteiger partial charge on any atom is 0.220 e. The highest BCUT2D eigenvalue weighted by atomic mass is 16.3. The van der Waals surface area contributed by atoms with E-state index >= 15 is 0 Å². The van der Waals surface area contributed by atoms with Crippen LogP contribution in [0.25, 0.3) is 0 Å². The van der Waals surface area contributed by atoms with E-state index in [-0.39, 0.29) is 11.9 Å². The van der Waals surface area contributed by atoms with E-state index in [2.05, 4.69) is 5.32 Å². The molecule has 4 heteroatoms. The minimum absolute atomic E-state index is 0.0173. The van der Waals surface area contributed by atoms with Crippen molar-refractivity contribution in [1.82, 2.24) is 5.32 Å². The van der Waals surface area contributed by atoms with Crippen LogP contribution in [0.1, 0.15) is 36.6 Å². The van der Waals surface area contributed by atoms with Gasteiger partial charge in [0.1, 0.15) is 11.8 Å². The molecule has 0 spiro atoms. The molecule has 4 nitrogen and oxygen atoms in total. The number of rotatable bonds is 7. The average Bonchev–Trinajstić information content (AvgIpc) is 3.00. The summed E-state index contributed by atoms with van der Waals surface area (Å²) in [5.74, 6) is 0.757. The molecule has 1 aromatic carbocycles. The van der Waals surface area contributed by atoms with Crippen molar-refractivity contribution in [1.29, 1.82) is 0 Å². The van der Waals surface area contributed by atoms with Crippen molar-refractivity contribution in [3.63, 3.8) is 0 Å². The third-order valence-corrected chi connectivity index (χ3v) is 3.12. The van der Waals surface area contributed by atoms with Gasteiger partial charge in [0.25, 0.3) is 0 Å². The number of benzene rings is 1. The van der Waals surface area contributed by atoms with Crippen molar-refractivity contribution in [3.05, 3.63) is 60.1 Å². The SMILES string of the molecule is NCCCCC(=O)NC(c1ccccc1)c1ccco1. The van der Waals surface area contributed by atoms with Crippen molar-refractivity contribution in [2.45, 2.75) is 25.3 Å². The summed E-state index contributed by atoms with van der Waals surface area (Å²) in [6.07, 6.45) is 3.78. The van der Waals surface area contributed by atoms with Crippen molar-refractivity contribution in [3.8, 4) is 0 Å². The Hall–Kier alpha value is -2.07. The first-order valence-corrected chi connectivity index (χ1v) is 6.89. The van der Waals surface area contributed by atoms with E-state index in [1.165, 1.54) is 0 Å². The fraction of sp³-hybridized carbons (Fsp3) is 0.312. The number of carbonyl (C=O) groups excluding carboxylic acids is 1. The van der Waals surface area contributed by atoms with Crippen LogP contribution in [0.4, 0.5) is 0 Å². The third-order valence-electron chi connectivity index (χ3n) is 3.12. The third kappa shape index (κ3) is 3.96. The van der Waals surface area contributed by atoms with Gasteiger partial charge < -0.3 is 15.5 Å². The number of carbonyl (C=O) groups is 1. The molecule has 3 N–H and O–H groups in total. The summed E-state index contributed by atoms with van der Waals surface area (Å²) >= 11 is 0. The van der Waals surface area contributed by atoms with Gasteiger partial charge >= 0.3 is 0 Å². The summed E-state index contributed by atoms with van der Waals surface area (Å²) in [5.41, 5.74) is 6.45. The number of furan rings is 1. The first-order chi connectivity index (χ1) is 9.81. The van der Waals surface area contributed by atoms with E-state index in [1.807, 2.05) is 42.5 Å². The van der Waals surface area contributed by atoms with Gasteiger partial charge in [0, 0.05) is 6.42 Å². The number of amides is 1. The average molecular weight is 272 g/mol. The van der Waals surface area contributed by atoms with E-state index in [0.29, 0.717) is 13.0 Å². The molecule has 0 fully saturated rings. The molecule has 0 aliphatic rings. The van der Waals surface area contributed by atoms with Gasteiger partial charge in [0.05, 0.1) is 6.26 Å². The molecule has 0 aliphatic carbocycles. The number of nitrogens with two attached hydrogens (primary N) is 1. The van der Waals surface area contributed by atoms with Gasteiger partial charge in [-0.05, 0) is 37.1 Å². The van der Waals surface area contributed by atoms with Crippen molar-refractivity contribution >= 4 is 5.91 Å². The molecule has 0 saturated carbocycles. The summed E-state index contributed by atoms with van der Waals surface area (Å²) in [6, 6.07) is 13.3.